The predicted octanol–water partition coefficient (Wildman–Crippen LogP) is 2.78. The van der Waals surface area contributed by atoms with E-state index >= 15 is 0 Å². The number of halogens is 1. The van der Waals surface area contributed by atoms with Crippen molar-refractivity contribution in [3.8, 4) is 5.75 Å². The molecule has 1 aromatic carbocycles. The van der Waals surface area contributed by atoms with Gasteiger partial charge in [0.1, 0.15) is 11.9 Å². The summed E-state index contributed by atoms with van der Waals surface area (Å²) in [5, 5.41) is -0.446. The zero-order chi connectivity index (χ0) is 10.1. The van der Waals surface area contributed by atoms with Crippen LogP contribution in [0.5, 0.6) is 5.75 Å². The minimum atomic E-state index is -0.446. The number of fused-ring (bicyclic) bond motifs is 1. The molecule has 2 rings (SSSR count). The average molecular weight is 211 g/mol. The molecule has 0 saturated carbocycles. The molecule has 0 aliphatic carbocycles. The van der Waals surface area contributed by atoms with Crippen molar-refractivity contribution >= 4 is 16.8 Å². The van der Waals surface area contributed by atoms with E-state index in [1.54, 1.807) is 6.07 Å². The highest BCUT2D eigenvalue weighted by atomic mass is 35.5. The lowest BCUT2D eigenvalue weighted by atomic mass is 10.1. The van der Waals surface area contributed by atoms with Crippen molar-refractivity contribution in [2.24, 2.45) is 0 Å². The third-order valence-electron chi connectivity index (χ3n) is 2.50. The fraction of sp³-hybridized carbons (Fsp3) is 0.364. The quantitative estimate of drug-likeness (QED) is 0.702. The van der Waals surface area contributed by atoms with Gasteiger partial charge in [0, 0.05) is 6.42 Å². The van der Waals surface area contributed by atoms with E-state index < -0.39 is 5.24 Å². The fourth-order valence-electron chi connectivity index (χ4n) is 1.72. The van der Waals surface area contributed by atoms with E-state index in [1.807, 2.05) is 12.1 Å². The first-order valence-electron chi connectivity index (χ1n) is 4.70. The Morgan fingerprint density at radius 3 is 3.07 bits per heavy atom. The largest absolute Gasteiger partial charge is 0.489 e. The van der Waals surface area contributed by atoms with Gasteiger partial charge >= 0.3 is 0 Å². The van der Waals surface area contributed by atoms with Crippen LogP contribution in [0.1, 0.15) is 29.3 Å². The first kappa shape index (κ1) is 9.53. The van der Waals surface area contributed by atoms with Crippen molar-refractivity contribution in [2.75, 3.05) is 0 Å². The smallest absolute Gasteiger partial charge is 0.256 e. The molecule has 0 N–H and O–H groups in total. The summed E-state index contributed by atoms with van der Waals surface area (Å²) in [7, 11) is 0. The minimum absolute atomic E-state index is 0.196. The SMILES string of the molecule is CC[C@H]1Cc2cccc(C(=O)Cl)c2O1. The van der Waals surface area contributed by atoms with Crippen LogP contribution in [-0.4, -0.2) is 11.3 Å². The zero-order valence-corrected chi connectivity index (χ0v) is 8.67. The van der Waals surface area contributed by atoms with Gasteiger partial charge in [-0.3, -0.25) is 4.79 Å². The summed E-state index contributed by atoms with van der Waals surface area (Å²) in [4.78, 5) is 11.1. The van der Waals surface area contributed by atoms with Crippen molar-refractivity contribution in [3.05, 3.63) is 29.3 Å². The van der Waals surface area contributed by atoms with Crippen LogP contribution in [0, 0.1) is 0 Å². The molecule has 1 aromatic rings. The van der Waals surface area contributed by atoms with Crippen molar-refractivity contribution in [1.29, 1.82) is 0 Å². The first-order valence-corrected chi connectivity index (χ1v) is 5.08. The third kappa shape index (κ3) is 1.50. The van der Waals surface area contributed by atoms with E-state index in [1.165, 1.54) is 0 Å². The molecule has 0 spiro atoms. The summed E-state index contributed by atoms with van der Waals surface area (Å²) < 4.78 is 5.64. The predicted molar refractivity (Wildman–Crippen MR) is 55.0 cm³/mol. The van der Waals surface area contributed by atoms with Gasteiger partial charge in [0.15, 0.2) is 0 Å². The highest BCUT2D eigenvalue weighted by molar-refractivity contribution is 6.68. The number of rotatable bonds is 2. The van der Waals surface area contributed by atoms with Gasteiger partial charge in [-0.1, -0.05) is 19.1 Å². The van der Waals surface area contributed by atoms with Crippen LogP contribution >= 0.6 is 11.6 Å². The van der Waals surface area contributed by atoms with Crippen LogP contribution in [-0.2, 0) is 6.42 Å². The van der Waals surface area contributed by atoms with Gasteiger partial charge in [0.2, 0.25) is 0 Å². The van der Waals surface area contributed by atoms with E-state index in [2.05, 4.69) is 6.92 Å². The second-order valence-electron chi connectivity index (χ2n) is 3.42. The second-order valence-corrected chi connectivity index (χ2v) is 3.76. The lowest BCUT2D eigenvalue weighted by molar-refractivity contribution is 0.107. The summed E-state index contributed by atoms with van der Waals surface area (Å²) in [5.74, 6) is 0.680. The summed E-state index contributed by atoms with van der Waals surface area (Å²) in [6.45, 7) is 2.07. The van der Waals surface area contributed by atoms with E-state index in [4.69, 9.17) is 16.3 Å². The van der Waals surface area contributed by atoms with Gasteiger partial charge in [-0.15, -0.1) is 0 Å². The van der Waals surface area contributed by atoms with Gasteiger partial charge in [-0.2, -0.15) is 0 Å². The van der Waals surface area contributed by atoms with Crippen molar-refractivity contribution in [1.82, 2.24) is 0 Å². The van der Waals surface area contributed by atoms with E-state index in [0.29, 0.717) is 11.3 Å². The normalized spacial score (nSPS) is 18.9. The number of benzene rings is 1. The van der Waals surface area contributed by atoms with Gasteiger partial charge in [-0.05, 0) is 29.7 Å². The Morgan fingerprint density at radius 1 is 1.64 bits per heavy atom. The Balaban J connectivity index is 2.41. The molecule has 0 aromatic heterocycles. The summed E-state index contributed by atoms with van der Waals surface area (Å²) in [6, 6.07) is 5.52. The molecule has 1 heterocycles. The molecular weight excluding hydrogens is 200 g/mol. The Hall–Kier alpha value is -1.02. The summed E-state index contributed by atoms with van der Waals surface area (Å²) in [5.41, 5.74) is 1.57. The highest BCUT2D eigenvalue weighted by Gasteiger charge is 2.25. The molecule has 14 heavy (non-hydrogen) atoms. The molecule has 0 radical (unpaired) electrons. The van der Waals surface area contributed by atoms with Crippen LogP contribution in [0.25, 0.3) is 0 Å². The van der Waals surface area contributed by atoms with Crippen LogP contribution < -0.4 is 4.74 Å². The maximum atomic E-state index is 11.1. The molecule has 0 amide bonds. The molecule has 1 atom stereocenters. The van der Waals surface area contributed by atoms with Crippen LogP contribution in [0.15, 0.2) is 18.2 Å². The number of carbonyl (C=O) groups is 1. The molecule has 2 nitrogen and oxygen atoms in total. The highest BCUT2D eigenvalue weighted by Crippen LogP contribution is 2.34. The molecule has 0 unspecified atom stereocenters. The topological polar surface area (TPSA) is 26.3 Å². The van der Waals surface area contributed by atoms with Gasteiger partial charge in [-0.25, -0.2) is 0 Å². The molecule has 0 saturated heterocycles. The zero-order valence-electron chi connectivity index (χ0n) is 7.92. The van der Waals surface area contributed by atoms with Gasteiger partial charge in [0.05, 0.1) is 5.56 Å². The summed E-state index contributed by atoms with van der Waals surface area (Å²) >= 11 is 5.46. The van der Waals surface area contributed by atoms with Crippen molar-refractivity contribution < 1.29 is 9.53 Å². The van der Waals surface area contributed by atoms with Crippen LogP contribution in [0.4, 0.5) is 0 Å². The number of ether oxygens (including phenoxy) is 1. The second kappa shape index (κ2) is 3.62. The van der Waals surface area contributed by atoms with Gasteiger partial charge < -0.3 is 4.74 Å². The molecule has 1 aliphatic rings. The summed E-state index contributed by atoms with van der Waals surface area (Å²) in [6.07, 6.45) is 2.02. The van der Waals surface area contributed by atoms with Crippen molar-refractivity contribution in [3.63, 3.8) is 0 Å². The van der Waals surface area contributed by atoms with Gasteiger partial charge in [0.25, 0.3) is 5.24 Å². The number of para-hydroxylation sites is 1. The van der Waals surface area contributed by atoms with E-state index in [0.717, 1.165) is 18.4 Å². The van der Waals surface area contributed by atoms with Crippen molar-refractivity contribution in [2.45, 2.75) is 25.9 Å². The Morgan fingerprint density at radius 2 is 2.43 bits per heavy atom. The molecule has 0 fully saturated rings. The molecular formula is C11H11ClO2. The molecule has 1 aliphatic heterocycles. The van der Waals surface area contributed by atoms with E-state index in [-0.39, 0.29) is 6.10 Å². The Bertz CT molecular complexity index is 374. The number of carbonyl (C=O) groups excluding carboxylic acids is 1. The van der Waals surface area contributed by atoms with E-state index in [9.17, 15) is 4.79 Å². The van der Waals surface area contributed by atoms with Crippen LogP contribution in [0.3, 0.4) is 0 Å². The number of hydrogen-bond donors (Lipinski definition) is 0. The average Bonchev–Trinajstić information content (AvgIpc) is 2.59. The van der Waals surface area contributed by atoms with Crippen LogP contribution in [0.2, 0.25) is 0 Å². The monoisotopic (exact) mass is 210 g/mol. The lowest BCUT2D eigenvalue weighted by Crippen LogP contribution is -2.10. The number of hydrogen-bond acceptors (Lipinski definition) is 2. The Labute approximate surface area is 87.8 Å². The first-order chi connectivity index (χ1) is 6.72. The lowest BCUT2D eigenvalue weighted by Gasteiger charge is -2.07. The molecule has 3 heteroatoms. The maximum absolute atomic E-state index is 11.1. The Kier molecular flexibility index (Phi) is 2.46. The maximum Gasteiger partial charge on any atom is 0.256 e. The third-order valence-corrected chi connectivity index (χ3v) is 2.70. The standard InChI is InChI=1S/C11H11ClO2/c1-2-8-6-7-4-3-5-9(11(12)13)10(7)14-8/h3-5,8H,2,6H2,1H3/t8-/m0/s1. The minimum Gasteiger partial charge on any atom is -0.489 e. The molecule has 74 valence electrons. The fourth-order valence-corrected chi connectivity index (χ4v) is 1.87. The molecule has 0 bridgehead atoms.